The number of Topliss-reactive ketones (excluding diaryl/α,β-unsaturated/α-hetero) is 1. The van der Waals surface area contributed by atoms with Crippen LogP contribution in [0.3, 0.4) is 0 Å². The fourth-order valence-electron chi connectivity index (χ4n) is 9.53. The molecule has 0 spiro atoms. The number of allylic oxidation sites excluding steroid dienone is 3. The summed E-state index contributed by atoms with van der Waals surface area (Å²) in [5, 5.41) is -0.0842. The van der Waals surface area contributed by atoms with E-state index >= 15 is 0 Å². The Hall–Kier alpha value is -4.26. The molecule has 5 fully saturated rings. The number of nitrogens with zero attached hydrogens (tertiary/aromatic N) is 1. The van der Waals surface area contributed by atoms with Crippen LogP contribution in [-0.4, -0.2) is 71.4 Å². The van der Waals surface area contributed by atoms with E-state index in [0.717, 1.165) is 44.9 Å². The van der Waals surface area contributed by atoms with E-state index < -0.39 is 62.1 Å². The standard InChI is InChI=1S/C42H51N3O9S/c1-3-26-22-42(26,40(50)44-55(51,52)29-17-18-29)23-35(46)34-19-28-24-45(34)39(49)32(25-11-7-8-12-25)20-36(47)54-41(2)21-27(41)13-5-4-6-15-31-37(48)30-14-9-10-16-33(30)43-38(31)53-28/h3-4,6,9-10,14,16,25-29,32,34H,1,5,7-8,11-13,15,17-24H2,2H3,(H,43,48)(H,44,50)/b6-4+/t26-,27-,28-,32+,34+,41-,42-/m1/s1. The molecule has 4 saturated carbocycles. The molecule has 2 aromatic rings. The first-order valence-electron chi connectivity index (χ1n) is 20.0. The Morgan fingerprint density at radius 2 is 1.82 bits per heavy atom. The summed E-state index contributed by atoms with van der Waals surface area (Å²) in [6.45, 7) is 5.81. The number of ether oxygens (including phenoxy) is 2. The lowest BCUT2D eigenvalue weighted by Gasteiger charge is -2.31. The van der Waals surface area contributed by atoms with Crippen LogP contribution in [0.5, 0.6) is 5.88 Å². The number of H-pyrrole nitrogens is 1. The lowest BCUT2D eigenvalue weighted by molar-refractivity contribution is -0.157. The van der Waals surface area contributed by atoms with Crippen LogP contribution in [0.15, 0.2) is 53.9 Å². The molecule has 2 bridgehead atoms. The van der Waals surface area contributed by atoms with Crippen molar-refractivity contribution < 1.29 is 37.1 Å². The van der Waals surface area contributed by atoms with Gasteiger partial charge in [-0.3, -0.25) is 28.7 Å². The Kier molecular flexibility index (Phi) is 9.82. The molecule has 0 radical (unpaired) electrons. The zero-order chi connectivity index (χ0) is 38.7. The average molecular weight is 774 g/mol. The van der Waals surface area contributed by atoms with Crippen molar-refractivity contribution in [3.05, 3.63) is 64.9 Å². The minimum absolute atomic E-state index is 0.0254. The predicted octanol–water partition coefficient (Wildman–Crippen LogP) is 5.05. The SMILES string of the molecule is C=C[C@@H]1C[C@]1(CC(=O)[C@@H]1C[C@@H]2CN1C(=O)[C@H](C1CCCC1)CC(=O)O[C@]1(C)C[C@H]1CC/C=C/Cc1c([nH]c3ccccc3c1=O)O2)C(=O)NS(=O)(=O)C1CC1. The predicted molar refractivity (Wildman–Crippen MR) is 204 cm³/mol. The van der Waals surface area contributed by atoms with E-state index in [-0.39, 0.29) is 67.1 Å². The summed E-state index contributed by atoms with van der Waals surface area (Å²) in [7, 11) is -3.86. The van der Waals surface area contributed by atoms with Gasteiger partial charge >= 0.3 is 5.97 Å². The second kappa shape index (κ2) is 14.4. The second-order valence-corrected chi connectivity index (χ2v) is 19.1. The molecule has 1 aromatic heterocycles. The van der Waals surface area contributed by atoms with E-state index in [1.165, 1.54) is 4.90 Å². The number of sulfonamides is 1. The van der Waals surface area contributed by atoms with Gasteiger partial charge in [-0.15, -0.1) is 6.58 Å². The van der Waals surface area contributed by atoms with Crippen LogP contribution in [0.2, 0.25) is 0 Å². The van der Waals surface area contributed by atoms with Gasteiger partial charge in [0.05, 0.1) is 46.7 Å². The zero-order valence-corrected chi connectivity index (χ0v) is 32.2. The van der Waals surface area contributed by atoms with Gasteiger partial charge in [-0.05, 0) is 88.7 Å². The van der Waals surface area contributed by atoms with Gasteiger partial charge in [0.2, 0.25) is 21.8 Å². The monoisotopic (exact) mass is 773 g/mol. The normalized spacial score (nSPS) is 33.3. The lowest BCUT2D eigenvalue weighted by atomic mass is 9.86. The number of carbonyl (C=O) groups excluding carboxylic acids is 4. The van der Waals surface area contributed by atoms with Gasteiger partial charge in [0.15, 0.2) is 17.1 Å². The molecule has 3 heterocycles. The van der Waals surface area contributed by atoms with Crippen LogP contribution in [-0.2, 0) is 40.4 Å². The Morgan fingerprint density at radius 3 is 2.55 bits per heavy atom. The summed E-state index contributed by atoms with van der Waals surface area (Å²) < 4.78 is 40.5. The van der Waals surface area contributed by atoms with E-state index in [1.807, 2.05) is 31.2 Å². The summed E-state index contributed by atoms with van der Waals surface area (Å²) in [5.41, 5.74) is -1.02. The molecule has 8 rings (SSSR count). The Labute approximate surface area is 321 Å². The molecule has 2 amide bonds. The van der Waals surface area contributed by atoms with E-state index in [2.05, 4.69) is 16.3 Å². The number of pyridine rings is 1. The van der Waals surface area contributed by atoms with Crippen LogP contribution in [0.1, 0.15) is 96.0 Å². The maximum absolute atomic E-state index is 14.9. The van der Waals surface area contributed by atoms with Crippen molar-refractivity contribution in [3.63, 3.8) is 0 Å². The highest BCUT2D eigenvalue weighted by Gasteiger charge is 2.61. The highest BCUT2D eigenvalue weighted by Crippen LogP contribution is 2.57. The van der Waals surface area contributed by atoms with Crippen molar-refractivity contribution in [2.75, 3.05) is 6.54 Å². The number of para-hydroxylation sites is 1. The molecule has 6 aliphatic rings. The highest BCUT2D eigenvalue weighted by atomic mass is 32.2. The number of aromatic amines is 1. The van der Waals surface area contributed by atoms with E-state index in [0.29, 0.717) is 35.7 Å². The maximum atomic E-state index is 14.9. The second-order valence-electron chi connectivity index (χ2n) is 17.1. The van der Waals surface area contributed by atoms with Crippen molar-refractivity contribution in [2.45, 2.75) is 120 Å². The number of aromatic nitrogens is 1. The molecule has 0 unspecified atom stereocenters. The van der Waals surface area contributed by atoms with Crippen LogP contribution in [0.4, 0.5) is 0 Å². The number of hydrogen-bond donors (Lipinski definition) is 2. The van der Waals surface area contributed by atoms with Crippen LogP contribution < -0.4 is 14.9 Å². The molecule has 1 aromatic carbocycles. The third-order valence-corrected chi connectivity index (χ3v) is 15.1. The van der Waals surface area contributed by atoms with Crippen molar-refractivity contribution in [1.29, 1.82) is 0 Å². The molecule has 55 heavy (non-hydrogen) atoms. The number of benzene rings is 1. The average Bonchev–Trinajstić information content (AvgIpc) is 4.11. The number of ketones is 1. The summed E-state index contributed by atoms with van der Waals surface area (Å²) in [6.07, 6.45) is 11.9. The van der Waals surface area contributed by atoms with Gasteiger partial charge < -0.3 is 19.4 Å². The minimum atomic E-state index is -3.86. The number of fused-ring (bicyclic) bond motifs is 5. The third kappa shape index (κ3) is 7.40. The molecule has 7 atom stereocenters. The molecule has 2 aliphatic heterocycles. The Bertz CT molecular complexity index is 2120. The van der Waals surface area contributed by atoms with Crippen LogP contribution in [0.25, 0.3) is 10.9 Å². The summed E-state index contributed by atoms with van der Waals surface area (Å²) >= 11 is 0. The van der Waals surface area contributed by atoms with Crippen molar-refractivity contribution >= 4 is 44.5 Å². The van der Waals surface area contributed by atoms with Crippen LogP contribution >= 0.6 is 0 Å². The van der Waals surface area contributed by atoms with Gasteiger partial charge in [-0.1, -0.05) is 43.2 Å². The number of rotatable bonds is 8. The number of amides is 2. The lowest BCUT2D eigenvalue weighted by Crippen LogP contribution is -2.47. The molecule has 2 N–H and O–H groups in total. The first-order chi connectivity index (χ1) is 26.3. The van der Waals surface area contributed by atoms with Gasteiger partial charge in [-0.2, -0.15) is 0 Å². The smallest absolute Gasteiger partial charge is 0.307 e. The van der Waals surface area contributed by atoms with Gasteiger partial charge in [0, 0.05) is 24.1 Å². The van der Waals surface area contributed by atoms with Crippen molar-refractivity contribution in [2.24, 2.45) is 29.1 Å². The fourth-order valence-corrected chi connectivity index (χ4v) is 10.9. The quantitative estimate of drug-likeness (QED) is 0.276. The fraction of sp³-hybridized carbons (Fsp3) is 0.595. The molecule has 294 valence electrons. The summed E-state index contributed by atoms with van der Waals surface area (Å²) in [6, 6.07) is 6.20. The van der Waals surface area contributed by atoms with E-state index in [9.17, 15) is 32.4 Å². The number of esters is 1. The molecule has 4 aliphatic carbocycles. The third-order valence-electron chi connectivity index (χ3n) is 13.3. The number of hydrogen-bond acceptors (Lipinski definition) is 9. The molecular formula is C42H51N3O9S. The van der Waals surface area contributed by atoms with Gasteiger partial charge in [0.1, 0.15) is 11.7 Å². The van der Waals surface area contributed by atoms with E-state index in [1.54, 1.807) is 18.2 Å². The summed E-state index contributed by atoms with van der Waals surface area (Å²) in [5.74, 6) is -2.54. The van der Waals surface area contributed by atoms with Gasteiger partial charge in [-0.25, -0.2) is 8.42 Å². The summed E-state index contributed by atoms with van der Waals surface area (Å²) in [4.78, 5) is 75.4. The van der Waals surface area contributed by atoms with Gasteiger partial charge in [0.25, 0.3) is 0 Å². The van der Waals surface area contributed by atoms with Crippen LogP contribution in [0, 0.1) is 29.1 Å². The first-order valence-corrected chi connectivity index (χ1v) is 21.6. The number of nitrogens with one attached hydrogen (secondary N) is 2. The molecule has 13 heteroatoms. The topological polar surface area (TPSA) is 169 Å². The minimum Gasteiger partial charge on any atom is -0.473 e. The van der Waals surface area contributed by atoms with Crippen molar-refractivity contribution in [1.82, 2.24) is 14.6 Å². The Morgan fingerprint density at radius 1 is 1.05 bits per heavy atom. The van der Waals surface area contributed by atoms with E-state index in [4.69, 9.17) is 9.47 Å². The Balaban J connectivity index is 1.14. The first kappa shape index (κ1) is 37.7. The highest BCUT2D eigenvalue weighted by molar-refractivity contribution is 7.90. The number of carbonyl (C=O) groups is 4. The largest absolute Gasteiger partial charge is 0.473 e. The van der Waals surface area contributed by atoms with Crippen molar-refractivity contribution in [3.8, 4) is 5.88 Å². The molecular weight excluding hydrogens is 723 g/mol. The maximum Gasteiger partial charge on any atom is 0.307 e. The zero-order valence-electron chi connectivity index (χ0n) is 31.4. The molecule has 1 saturated heterocycles. The molecule has 12 nitrogen and oxygen atoms in total.